The van der Waals surface area contributed by atoms with Crippen molar-refractivity contribution in [2.75, 3.05) is 25.0 Å². The van der Waals surface area contributed by atoms with E-state index in [2.05, 4.69) is 25.3 Å². The Labute approximate surface area is 171 Å². The number of nitrogens with one attached hydrogen (secondary N) is 1. The van der Waals surface area contributed by atoms with Gasteiger partial charge < -0.3 is 16.0 Å². The van der Waals surface area contributed by atoms with E-state index in [4.69, 9.17) is 5.73 Å². The van der Waals surface area contributed by atoms with E-state index in [0.717, 1.165) is 17.6 Å². The summed E-state index contributed by atoms with van der Waals surface area (Å²) in [5, 5.41) is 3.95. The third kappa shape index (κ3) is 4.03. The maximum atomic E-state index is 13.5. The minimum absolute atomic E-state index is 0.139. The number of aryl methyl sites for hydroxylation is 1. The predicted molar refractivity (Wildman–Crippen MR) is 109 cm³/mol. The number of carbonyl (C=O) groups excluding carboxylic acids is 1. The molecular weight excluding hydrogens is 393 g/mol. The van der Waals surface area contributed by atoms with Crippen molar-refractivity contribution in [1.29, 1.82) is 0 Å². The Morgan fingerprint density at radius 3 is 2.97 bits per heavy atom. The minimum atomic E-state index is -0.415. The maximum Gasteiger partial charge on any atom is 0.274 e. The number of aromatic nitrogens is 4. The first-order chi connectivity index (χ1) is 13.9. The summed E-state index contributed by atoms with van der Waals surface area (Å²) in [4.78, 5) is 32.2. The van der Waals surface area contributed by atoms with Crippen LogP contribution in [0.25, 0.3) is 10.3 Å². The molecule has 1 saturated heterocycles. The Kier molecular flexibility index (Phi) is 5.37. The van der Waals surface area contributed by atoms with E-state index in [1.54, 1.807) is 11.1 Å². The molecule has 2 unspecified atom stereocenters. The van der Waals surface area contributed by atoms with Gasteiger partial charge in [-0.3, -0.25) is 9.78 Å². The SMILES string of the molecule is Cc1nc2nc(NC(C)c3cncc(F)c3)nc(C(=O)N3CCC(CN)C3)c2s1. The topological polar surface area (TPSA) is 110 Å². The standard InChI is InChI=1S/C19H22FN7OS/c1-10(13-5-14(20)8-22-7-13)23-19-25-15(16-17(26-19)24-11(2)29-16)18(28)27-4-3-12(6-21)9-27/h5,7-8,10,12H,3-4,6,9,21H2,1-2H3,(H,23,25,26). The van der Waals surface area contributed by atoms with Crippen LogP contribution in [0.2, 0.25) is 0 Å². The number of pyridine rings is 1. The third-order valence-corrected chi connectivity index (χ3v) is 6.01. The molecule has 0 aromatic carbocycles. The molecule has 0 saturated carbocycles. The zero-order chi connectivity index (χ0) is 20.5. The molecule has 0 aliphatic carbocycles. The lowest BCUT2D eigenvalue weighted by Crippen LogP contribution is -2.31. The highest BCUT2D eigenvalue weighted by Gasteiger charge is 2.29. The second kappa shape index (κ2) is 7.96. The van der Waals surface area contributed by atoms with Gasteiger partial charge in [0.1, 0.15) is 10.5 Å². The molecule has 1 fully saturated rings. The zero-order valence-electron chi connectivity index (χ0n) is 16.2. The maximum absolute atomic E-state index is 13.5. The number of thiazole rings is 1. The van der Waals surface area contributed by atoms with Crippen LogP contribution in [-0.2, 0) is 0 Å². The van der Waals surface area contributed by atoms with Gasteiger partial charge in [0.05, 0.1) is 17.2 Å². The highest BCUT2D eigenvalue weighted by molar-refractivity contribution is 7.18. The first kappa shape index (κ1) is 19.6. The molecule has 1 aliphatic heterocycles. The Morgan fingerprint density at radius 1 is 1.41 bits per heavy atom. The lowest BCUT2D eigenvalue weighted by atomic mass is 10.1. The smallest absolute Gasteiger partial charge is 0.274 e. The van der Waals surface area contributed by atoms with Crippen LogP contribution in [-0.4, -0.2) is 50.4 Å². The van der Waals surface area contributed by atoms with Gasteiger partial charge in [-0.05, 0) is 44.4 Å². The Hall–Kier alpha value is -2.72. The third-order valence-electron chi connectivity index (χ3n) is 5.04. The number of hydrogen-bond donors (Lipinski definition) is 2. The van der Waals surface area contributed by atoms with Crippen molar-refractivity contribution in [3.8, 4) is 0 Å². The molecule has 4 rings (SSSR count). The van der Waals surface area contributed by atoms with Crippen molar-refractivity contribution >= 4 is 33.5 Å². The van der Waals surface area contributed by atoms with E-state index in [1.165, 1.54) is 17.4 Å². The van der Waals surface area contributed by atoms with Crippen LogP contribution in [0, 0.1) is 18.7 Å². The molecule has 1 amide bonds. The second-order valence-electron chi connectivity index (χ2n) is 7.23. The number of rotatable bonds is 5. The number of nitrogens with two attached hydrogens (primary N) is 1. The summed E-state index contributed by atoms with van der Waals surface area (Å²) in [5.41, 5.74) is 7.23. The van der Waals surface area contributed by atoms with Crippen LogP contribution < -0.4 is 11.1 Å². The molecule has 0 bridgehead atoms. The fraction of sp³-hybridized carbons (Fsp3) is 0.421. The second-order valence-corrected chi connectivity index (χ2v) is 8.43. The molecular formula is C19H22FN7OS. The molecule has 3 N–H and O–H groups in total. The van der Waals surface area contributed by atoms with Crippen LogP contribution in [0.1, 0.15) is 40.4 Å². The van der Waals surface area contributed by atoms with Crippen molar-refractivity contribution in [3.63, 3.8) is 0 Å². The fourth-order valence-electron chi connectivity index (χ4n) is 3.44. The molecule has 8 nitrogen and oxygen atoms in total. The molecule has 0 radical (unpaired) electrons. The molecule has 2 atom stereocenters. The highest BCUT2D eigenvalue weighted by Crippen LogP contribution is 2.28. The lowest BCUT2D eigenvalue weighted by Gasteiger charge is -2.18. The Bertz CT molecular complexity index is 1060. The number of halogens is 1. The fourth-order valence-corrected chi connectivity index (χ4v) is 4.28. The van der Waals surface area contributed by atoms with Crippen molar-refractivity contribution in [2.24, 2.45) is 11.7 Å². The molecule has 0 spiro atoms. The van der Waals surface area contributed by atoms with E-state index in [9.17, 15) is 9.18 Å². The van der Waals surface area contributed by atoms with Crippen LogP contribution in [0.15, 0.2) is 18.5 Å². The molecule has 152 valence electrons. The van der Waals surface area contributed by atoms with Gasteiger partial charge in [0.15, 0.2) is 11.3 Å². The average molecular weight is 415 g/mol. The molecule has 29 heavy (non-hydrogen) atoms. The largest absolute Gasteiger partial charge is 0.348 e. The van der Waals surface area contributed by atoms with Crippen molar-refractivity contribution in [1.82, 2.24) is 24.8 Å². The van der Waals surface area contributed by atoms with Crippen LogP contribution >= 0.6 is 11.3 Å². The quantitative estimate of drug-likeness (QED) is 0.659. The van der Waals surface area contributed by atoms with Crippen LogP contribution in [0.5, 0.6) is 0 Å². The first-order valence-electron chi connectivity index (χ1n) is 9.46. The number of carbonyl (C=O) groups is 1. The minimum Gasteiger partial charge on any atom is -0.348 e. The van der Waals surface area contributed by atoms with Gasteiger partial charge >= 0.3 is 0 Å². The lowest BCUT2D eigenvalue weighted by molar-refractivity contribution is 0.0784. The van der Waals surface area contributed by atoms with Gasteiger partial charge in [0.25, 0.3) is 5.91 Å². The summed E-state index contributed by atoms with van der Waals surface area (Å²) < 4.78 is 14.2. The van der Waals surface area contributed by atoms with E-state index in [-0.39, 0.29) is 17.9 Å². The van der Waals surface area contributed by atoms with Gasteiger partial charge in [0.2, 0.25) is 5.95 Å². The Morgan fingerprint density at radius 2 is 2.24 bits per heavy atom. The summed E-state index contributed by atoms with van der Waals surface area (Å²) in [6, 6.07) is 1.10. The van der Waals surface area contributed by atoms with Gasteiger partial charge in [0, 0.05) is 19.3 Å². The average Bonchev–Trinajstić information content (AvgIpc) is 3.32. The number of hydrogen-bond acceptors (Lipinski definition) is 8. The summed E-state index contributed by atoms with van der Waals surface area (Å²) in [6.07, 6.45) is 3.63. The molecule has 3 aromatic rings. The Balaban J connectivity index is 1.66. The highest BCUT2D eigenvalue weighted by atomic mass is 32.1. The van der Waals surface area contributed by atoms with Crippen molar-refractivity contribution < 1.29 is 9.18 Å². The number of likely N-dealkylation sites (tertiary alicyclic amines) is 1. The van der Waals surface area contributed by atoms with E-state index in [0.29, 0.717) is 47.2 Å². The molecule has 10 heteroatoms. The van der Waals surface area contributed by atoms with Gasteiger partial charge in [-0.2, -0.15) is 4.98 Å². The van der Waals surface area contributed by atoms with Crippen LogP contribution in [0.4, 0.5) is 10.3 Å². The van der Waals surface area contributed by atoms with E-state index in [1.807, 2.05) is 13.8 Å². The van der Waals surface area contributed by atoms with Crippen molar-refractivity contribution in [3.05, 3.63) is 40.5 Å². The van der Waals surface area contributed by atoms with E-state index >= 15 is 0 Å². The summed E-state index contributed by atoms with van der Waals surface area (Å²) in [7, 11) is 0. The summed E-state index contributed by atoms with van der Waals surface area (Å²) >= 11 is 1.40. The van der Waals surface area contributed by atoms with Gasteiger partial charge in [-0.25, -0.2) is 14.4 Å². The molecule has 4 heterocycles. The number of amides is 1. The zero-order valence-corrected chi connectivity index (χ0v) is 17.0. The number of anilines is 1. The van der Waals surface area contributed by atoms with Gasteiger partial charge in [-0.1, -0.05) is 0 Å². The predicted octanol–water partition coefficient (Wildman–Crippen LogP) is 2.52. The number of nitrogens with zero attached hydrogens (tertiary/aromatic N) is 5. The molecule has 3 aromatic heterocycles. The number of fused-ring (bicyclic) bond motifs is 1. The van der Waals surface area contributed by atoms with E-state index < -0.39 is 5.82 Å². The molecule has 1 aliphatic rings. The first-order valence-corrected chi connectivity index (χ1v) is 10.3. The summed E-state index contributed by atoms with van der Waals surface area (Å²) in [5.74, 6) is 0.0391. The van der Waals surface area contributed by atoms with Crippen molar-refractivity contribution in [2.45, 2.75) is 26.3 Å². The monoisotopic (exact) mass is 415 g/mol. The van der Waals surface area contributed by atoms with Crippen LogP contribution in [0.3, 0.4) is 0 Å². The summed E-state index contributed by atoms with van der Waals surface area (Å²) in [6.45, 7) is 5.58. The normalized spacial score (nSPS) is 17.7. The van der Waals surface area contributed by atoms with Gasteiger partial charge in [-0.15, -0.1) is 11.3 Å².